The molecule has 0 aliphatic rings. The van der Waals surface area contributed by atoms with Gasteiger partial charge in [-0.3, -0.25) is 0 Å². The Morgan fingerprint density at radius 2 is 1.19 bits per heavy atom. The fourth-order valence-electron chi connectivity index (χ4n) is 3.74. The highest BCUT2D eigenvalue weighted by atomic mass is 35.5. The van der Waals surface area contributed by atoms with Crippen molar-refractivity contribution in [3.63, 3.8) is 0 Å². The van der Waals surface area contributed by atoms with Crippen molar-refractivity contribution in [3.8, 4) is 22.3 Å². The van der Waals surface area contributed by atoms with Crippen LogP contribution in [0.5, 0.6) is 0 Å². The van der Waals surface area contributed by atoms with E-state index in [0.29, 0.717) is 21.7 Å². The lowest BCUT2D eigenvalue weighted by molar-refractivity contribution is 0.0600. The zero-order valence-electron chi connectivity index (χ0n) is 17.0. The highest BCUT2D eigenvalue weighted by Crippen LogP contribution is 2.38. The summed E-state index contributed by atoms with van der Waals surface area (Å²) in [5, 5.41) is 2.50. The predicted octanol–water partition coefficient (Wildman–Crippen LogP) is 6.40. The van der Waals surface area contributed by atoms with E-state index >= 15 is 0 Å². The van der Waals surface area contributed by atoms with Gasteiger partial charge in [-0.1, -0.05) is 72.3 Å². The third-order valence-corrected chi connectivity index (χ3v) is 5.54. The zero-order valence-corrected chi connectivity index (χ0v) is 17.8. The van der Waals surface area contributed by atoms with Crippen LogP contribution in [0.25, 0.3) is 33.0 Å². The van der Waals surface area contributed by atoms with E-state index in [2.05, 4.69) is 0 Å². The van der Waals surface area contributed by atoms with Gasteiger partial charge in [0.25, 0.3) is 0 Å². The molecule has 0 atom stereocenters. The first-order valence-corrected chi connectivity index (χ1v) is 10.0. The van der Waals surface area contributed by atoms with Gasteiger partial charge in [-0.2, -0.15) is 0 Å². The number of ether oxygens (including phenoxy) is 2. The summed E-state index contributed by atoms with van der Waals surface area (Å²) in [5.74, 6) is -1.11. The van der Waals surface area contributed by atoms with Crippen LogP contribution in [0.1, 0.15) is 20.7 Å². The second-order valence-corrected chi connectivity index (χ2v) is 7.34. The molecule has 0 N–H and O–H groups in total. The lowest BCUT2D eigenvalue weighted by atomic mass is 9.88. The van der Waals surface area contributed by atoms with Crippen molar-refractivity contribution in [1.29, 1.82) is 0 Å². The Hall–Kier alpha value is -3.63. The molecule has 0 unspecified atom stereocenters. The summed E-state index contributed by atoms with van der Waals surface area (Å²) in [4.78, 5) is 25.3. The Kier molecular flexibility index (Phi) is 5.74. The normalized spacial score (nSPS) is 10.7. The number of hydrogen-bond donors (Lipinski definition) is 0. The second kappa shape index (κ2) is 8.62. The van der Waals surface area contributed by atoms with Crippen LogP contribution in [0.15, 0.2) is 78.9 Å². The molecule has 4 rings (SSSR count). The maximum Gasteiger partial charge on any atom is 0.338 e. The SMILES string of the molecule is COC(=O)c1cc(C(=O)OC)c(-c2cccc3ccccc23)cc1-c1ccccc1Cl. The van der Waals surface area contributed by atoms with E-state index in [1.54, 1.807) is 6.07 Å². The van der Waals surface area contributed by atoms with Crippen LogP contribution in [-0.4, -0.2) is 26.2 Å². The molecule has 0 aliphatic heterocycles. The van der Waals surface area contributed by atoms with Gasteiger partial charge in [0.15, 0.2) is 0 Å². The molecule has 0 fully saturated rings. The minimum absolute atomic E-state index is 0.236. The Labute approximate surface area is 185 Å². The Balaban J connectivity index is 2.11. The van der Waals surface area contributed by atoms with E-state index in [1.165, 1.54) is 20.3 Å². The van der Waals surface area contributed by atoms with Gasteiger partial charge in [-0.05, 0) is 45.7 Å². The highest BCUT2D eigenvalue weighted by molar-refractivity contribution is 6.33. The lowest BCUT2D eigenvalue weighted by Crippen LogP contribution is -2.10. The summed E-state index contributed by atoms with van der Waals surface area (Å²) in [5.41, 5.74) is 3.25. The number of fused-ring (bicyclic) bond motifs is 1. The number of methoxy groups -OCH3 is 2. The summed E-state index contributed by atoms with van der Waals surface area (Å²) in [6.45, 7) is 0. The molecule has 31 heavy (non-hydrogen) atoms. The van der Waals surface area contributed by atoms with Gasteiger partial charge in [0.2, 0.25) is 0 Å². The van der Waals surface area contributed by atoms with Crippen LogP contribution in [0.3, 0.4) is 0 Å². The van der Waals surface area contributed by atoms with E-state index in [4.69, 9.17) is 21.1 Å². The van der Waals surface area contributed by atoms with E-state index in [0.717, 1.165) is 16.3 Å². The van der Waals surface area contributed by atoms with Gasteiger partial charge in [0.05, 0.1) is 25.3 Å². The molecule has 0 saturated carbocycles. The zero-order chi connectivity index (χ0) is 22.0. The largest absolute Gasteiger partial charge is 0.465 e. The number of hydrogen-bond acceptors (Lipinski definition) is 4. The number of carbonyl (C=O) groups excluding carboxylic acids is 2. The van der Waals surface area contributed by atoms with Crippen molar-refractivity contribution >= 4 is 34.3 Å². The number of carbonyl (C=O) groups is 2. The van der Waals surface area contributed by atoms with Crippen molar-refractivity contribution in [2.75, 3.05) is 14.2 Å². The highest BCUT2D eigenvalue weighted by Gasteiger charge is 2.23. The first kappa shape index (κ1) is 20.6. The average molecular weight is 431 g/mol. The summed E-state index contributed by atoms with van der Waals surface area (Å²) in [6, 6.07) is 24.4. The second-order valence-electron chi connectivity index (χ2n) is 6.93. The molecule has 4 aromatic rings. The molecular formula is C26H19ClO4. The number of halogens is 1. The van der Waals surface area contributed by atoms with Crippen molar-refractivity contribution < 1.29 is 19.1 Å². The van der Waals surface area contributed by atoms with Gasteiger partial charge in [-0.15, -0.1) is 0 Å². The minimum atomic E-state index is -0.565. The molecule has 0 heterocycles. The summed E-state index contributed by atoms with van der Waals surface area (Å²) < 4.78 is 10.0. The monoisotopic (exact) mass is 430 g/mol. The quantitative estimate of drug-likeness (QED) is 0.351. The van der Waals surface area contributed by atoms with Crippen molar-refractivity contribution in [1.82, 2.24) is 0 Å². The Morgan fingerprint density at radius 1 is 0.645 bits per heavy atom. The van der Waals surface area contributed by atoms with Crippen molar-refractivity contribution in [2.45, 2.75) is 0 Å². The summed E-state index contributed by atoms with van der Waals surface area (Å²) in [6.07, 6.45) is 0. The van der Waals surface area contributed by atoms with E-state index < -0.39 is 11.9 Å². The summed E-state index contributed by atoms with van der Waals surface area (Å²) in [7, 11) is 2.62. The van der Waals surface area contributed by atoms with Crippen LogP contribution in [-0.2, 0) is 9.47 Å². The van der Waals surface area contributed by atoms with Gasteiger partial charge in [-0.25, -0.2) is 9.59 Å². The van der Waals surface area contributed by atoms with Gasteiger partial charge in [0.1, 0.15) is 0 Å². The van der Waals surface area contributed by atoms with Gasteiger partial charge >= 0.3 is 11.9 Å². The molecular weight excluding hydrogens is 412 g/mol. The standard InChI is InChI=1S/C26H19ClO4/c1-30-25(28)22-15-23(26(29)31-2)21(19-11-5-6-13-24(19)27)14-20(22)18-12-7-9-16-8-3-4-10-17(16)18/h3-15H,1-2H3. The maximum atomic E-state index is 12.7. The predicted molar refractivity (Wildman–Crippen MR) is 123 cm³/mol. The van der Waals surface area contributed by atoms with Crippen molar-refractivity contribution in [2.24, 2.45) is 0 Å². The molecule has 0 aromatic heterocycles. The topological polar surface area (TPSA) is 52.6 Å². The fraction of sp³-hybridized carbons (Fsp3) is 0.0769. The number of rotatable bonds is 4. The molecule has 0 amide bonds. The maximum absolute atomic E-state index is 12.7. The lowest BCUT2D eigenvalue weighted by Gasteiger charge is -2.17. The van der Waals surface area contributed by atoms with E-state index in [-0.39, 0.29) is 11.1 Å². The molecule has 4 nitrogen and oxygen atoms in total. The molecule has 4 aromatic carbocycles. The van der Waals surface area contributed by atoms with Gasteiger partial charge < -0.3 is 9.47 Å². The van der Waals surface area contributed by atoms with Crippen LogP contribution in [0.2, 0.25) is 5.02 Å². The summed E-state index contributed by atoms with van der Waals surface area (Å²) >= 11 is 6.46. The molecule has 5 heteroatoms. The average Bonchev–Trinajstić information content (AvgIpc) is 2.82. The van der Waals surface area contributed by atoms with Crippen LogP contribution in [0.4, 0.5) is 0 Å². The third kappa shape index (κ3) is 3.78. The third-order valence-electron chi connectivity index (χ3n) is 5.21. The first-order chi connectivity index (χ1) is 15.0. The van der Waals surface area contributed by atoms with Gasteiger partial charge in [0, 0.05) is 10.6 Å². The Morgan fingerprint density at radius 3 is 1.87 bits per heavy atom. The number of esters is 2. The molecule has 0 saturated heterocycles. The van der Waals surface area contributed by atoms with Crippen LogP contribution < -0.4 is 0 Å². The van der Waals surface area contributed by atoms with Crippen LogP contribution >= 0.6 is 11.6 Å². The van der Waals surface area contributed by atoms with E-state index in [9.17, 15) is 9.59 Å². The van der Waals surface area contributed by atoms with Crippen LogP contribution in [0, 0.1) is 0 Å². The smallest absolute Gasteiger partial charge is 0.338 e. The number of benzene rings is 4. The molecule has 154 valence electrons. The fourth-order valence-corrected chi connectivity index (χ4v) is 3.98. The van der Waals surface area contributed by atoms with Crippen molar-refractivity contribution in [3.05, 3.63) is 95.0 Å². The minimum Gasteiger partial charge on any atom is -0.465 e. The molecule has 0 bridgehead atoms. The molecule has 0 spiro atoms. The van der Waals surface area contributed by atoms with E-state index in [1.807, 2.05) is 66.7 Å². The first-order valence-electron chi connectivity index (χ1n) is 9.63. The molecule has 0 radical (unpaired) electrons. The Bertz CT molecular complexity index is 1300. The molecule has 0 aliphatic carbocycles.